The van der Waals surface area contributed by atoms with Gasteiger partial charge in [-0.25, -0.2) is 4.52 Å². The molecule has 0 amide bonds. The summed E-state index contributed by atoms with van der Waals surface area (Å²) in [5.41, 5.74) is 5.25. The summed E-state index contributed by atoms with van der Waals surface area (Å²) >= 11 is 0. The molecule has 0 spiro atoms. The fourth-order valence-corrected chi connectivity index (χ4v) is 3.62. The maximum absolute atomic E-state index is 6.03. The van der Waals surface area contributed by atoms with Crippen LogP contribution in [0.2, 0.25) is 0 Å². The van der Waals surface area contributed by atoms with E-state index >= 15 is 0 Å². The van der Waals surface area contributed by atoms with Crippen molar-refractivity contribution in [2.75, 3.05) is 19.7 Å². The number of hydrogen-bond acceptors (Lipinski definition) is 6. The Bertz CT molecular complexity index is 1070. The van der Waals surface area contributed by atoms with Crippen molar-refractivity contribution in [1.29, 1.82) is 0 Å². The van der Waals surface area contributed by atoms with Gasteiger partial charge < -0.3 is 4.74 Å². The fraction of sp³-hybridized carbons (Fsp3) is 0.238. The van der Waals surface area contributed by atoms with Crippen molar-refractivity contribution in [3.63, 3.8) is 0 Å². The monoisotopic (exact) mass is 372 g/mol. The summed E-state index contributed by atoms with van der Waals surface area (Å²) < 4.78 is 7.86. The van der Waals surface area contributed by atoms with Crippen LogP contribution in [0.5, 0.6) is 0 Å². The number of pyridine rings is 3. The lowest BCUT2D eigenvalue weighted by molar-refractivity contribution is -0.0343. The molecule has 0 unspecified atom stereocenters. The Hall–Kier alpha value is -3.16. The zero-order chi connectivity index (χ0) is 18.8. The number of rotatable bonds is 4. The largest absolute Gasteiger partial charge is 0.369 e. The van der Waals surface area contributed by atoms with E-state index in [9.17, 15) is 0 Å². The van der Waals surface area contributed by atoms with E-state index in [0.717, 1.165) is 42.0 Å². The standard InChI is InChI=1S/C21H20N6O/c1-2-16(12-23-7-1)13-26-10-11-28-20(15-26)21-19-4-3-18(14-27(19)25-24-21)17-5-8-22-9-6-17/h1-9,12,14,20H,10-11,13,15H2/t20-/m0/s1. The van der Waals surface area contributed by atoms with Crippen LogP contribution in [-0.4, -0.2) is 49.4 Å². The summed E-state index contributed by atoms with van der Waals surface area (Å²) in [5.74, 6) is 0. The number of hydrogen-bond donors (Lipinski definition) is 0. The molecule has 1 aliphatic heterocycles. The minimum Gasteiger partial charge on any atom is -0.369 e. The molecular formula is C21H20N6O. The van der Waals surface area contributed by atoms with Crippen molar-refractivity contribution in [3.8, 4) is 11.1 Å². The summed E-state index contributed by atoms with van der Waals surface area (Å²) in [6.45, 7) is 3.23. The first-order chi connectivity index (χ1) is 13.9. The van der Waals surface area contributed by atoms with Gasteiger partial charge in [0.05, 0.1) is 12.1 Å². The highest BCUT2D eigenvalue weighted by molar-refractivity contribution is 5.65. The molecule has 0 saturated carbocycles. The zero-order valence-electron chi connectivity index (χ0n) is 15.3. The second-order valence-electron chi connectivity index (χ2n) is 6.91. The second-order valence-corrected chi connectivity index (χ2v) is 6.91. The fourth-order valence-electron chi connectivity index (χ4n) is 3.62. The van der Waals surface area contributed by atoms with Crippen LogP contribution in [0, 0.1) is 0 Å². The Morgan fingerprint density at radius 3 is 2.79 bits per heavy atom. The molecule has 5 heterocycles. The van der Waals surface area contributed by atoms with Gasteiger partial charge in [0.25, 0.3) is 0 Å². The minimum absolute atomic E-state index is 0.0882. The maximum atomic E-state index is 6.03. The van der Waals surface area contributed by atoms with Gasteiger partial charge in [0.15, 0.2) is 0 Å². The third-order valence-electron chi connectivity index (χ3n) is 5.04. The Morgan fingerprint density at radius 2 is 1.93 bits per heavy atom. The molecule has 7 heteroatoms. The Morgan fingerprint density at radius 1 is 1.00 bits per heavy atom. The third-order valence-corrected chi connectivity index (χ3v) is 5.04. The first-order valence-electron chi connectivity index (χ1n) is 9.35. The smallest absolute Gasteiger partial charge is 0.121 e. The molecule has 1 aliphatic rings. The Kier molecular flexibility index (Phi) is 4.52. The Balaban J connectivity index is 1.38. The molecule has 0 bridgehead atoms. The van der Waals surface area contributed by atoms with Crippen molar-refractivity contribution in [2.24, 2.45) is 0 Å². The van der Waals surface area contributed by atoms with Crippen molar-refractivity contribution in [3.05, 3.63) is 78.6 Å². The summed E-state index contributed by atoms with van der Waals surface area (Å²) in [6.07, 6.45) is 9.21. The minimum atomic E-state index is -0.0882. The number of ether oxygens (including phenoxy) is 1. The van der Waals surface area contributed by atoms with Gasteiger partial charge in [-0.15, -0.1) is 5.10 Å². The highest BCUT2D eigenvalue weighted by atomic mass is 16.5. The topological polar surface area (TPSA) is 68.4 Å². The molecule has 0 aromatic carbocycles. The molecule has 4 aromatic heterocycles. The van der Waals surface area contributed by atoms with Crippen molar-refractivity contribution in [1.82, 2.24) is 29.7 Å². The van der Waals surface area contributed by atoms with Crippen LogP contribution < -0.4 is 0 Å². The van der Waals surface area contributed by atoms with Crippen molar-refractivity contribution >= 4 is 5.52 Å². The third kappa shape index (κ3) is 3.37. The van der Waals surface area contributed by atoms with Crippen LogP contribution in [-0.2, 0) is 11.3 Å². The van der Waals surface area contributed by atoms with Gasteiger partial charge >= 0.3 is 0 Å². The molecular weight excluding hydrogens is 352 g/mol. The average Bonchev–Trinajstić information content (AvgIpc) is 3.19. The van der Waals surface area contributed by atoms with Crippen molar-refractivity contribution in [2.45, 2.75) is 12.6 Å². The molecule has 28 heavy (non-hydrogen) atoms. The van der Waals surface area contributed by atoms with E-state index in [1.807, 2.05) is 35.1 Å². The molecule has 0 aliphatic carbocycles. The van der Waals surface area contributed by atoms with E-state index in [0.29, 0.717) is 6.61 Å². The Labute approximate surface area is 162 Å². The molecule has 1 saturated heterocycles. The van der Waals surface area contributed by atoms with E-state index in [1.54, 1.807) is 18.6 Å². The normalized spacial score (nSPS) is 17.8. The average molecular weight is 372 g/mol. The molecule has 1 fully saturated rings. The van der Waals surface area contributed by atoms with E-state index in [-0.39, 0.29) is 6.10 Å². The lowest BCUT2D eigenvalue weighted by atomic mass is 10.1. The quantitative estimate of drug-likeness (QED) is 0.549. The van der Waals surface area contributed by atoms with Gasteiger partial charge in [-0.2, -0.15) is 0 Å². The highest BCUT2D eigenvalue weighted by Gasteiger charge is 2.26. The van der Waals surface area contributed by atoms with Gasteiger partial charge in [-0.1, -0.05) is 17.3 Å². The van der Waals surface area contributed by atoms with Crippen LogP contribution in [0.3, 0.4) is 0 Å². The van der Waals surface area contributed by atoms with Crippen LogP contribution in [0.4, 0.5) is 0 Å². The lowest BCUT2D eigenvalue weighted by Crippen LogP contribution is -2.38. The highest BCUT2D eigenvalue weighted by Crippen LogP contribution is 2.27. The SMILES string of the molecule is c1cncc(CN2CCO[C@H](c3nnn4cc(-c5ccncc5)ccc34)C2)c1. The summed E-state index contributed by atoms with van der Waals surface area (Å²) in [4.78, 5) is 10.7. The molecule has 0 radical (unpaired) electrons. The number of nitrogens with zero attached hydrogens (tertiary/aromatic N) is 6. The zero-order valence-corrected chi connectivity index (χ0v) is 15.3. The summed E-state index contributed by atoms with van der Waals surface area (Å²) in [5, 5.41) is 8.76. The maximum Gasteiger partial charge on any atom is 0.121 e. The van der Waals surface area contributed by atoms with Crippen LogP contribution in [0.1, 0.15) is 17.4 Å². The predicted molar refractivity (Wildman–Crippen MR) is 104 cm³/mol. The van der Waals surface area contributed by atoms with Gasteiger partial charge in [0.1, 0.15) is 11.8 Å². The first-order valence-corrected chi connectivity index (χ1v) is 9.35. The molecule has 4 aromatic rings. The summed E-state index contributed by atoms with van der Waals surface area (Å²) in [7, 11) is 0. The molecule has 140 valence electrons. The van der Waals surface area contributed by atoms with Gasteiger partial charge in [-0.05, 0) is 35.4 Å². The lowest BCUT2D eigenvalue weighted by Gasteiger charge is -2.32. The second kappa shape index (κ2) is 7.46. The van der Waals surface area contributed by atoms with Crippen molar-refractivity contribution < 1.29 is 4.74 Å². The molecule has 1 atom stereocenters. The van der Waals surface area contributed by atoms with Gasteiger partial charge in [0, 0.05) is 56.2 Å². The van der Waals surface area contributed by atoms with E-state index in [1.165, 1.54) is 5.56 Å². The summed E-state index contributed by atoms with van der Waals surface area (Å²) in [6, 6.07) is 12.2. The predicted octanol–water partition coefficient (Wildman–Crippen LogP) is 2.76. The number of morpholine rings is 1. The van der Waals surface area contributed by atoms with E-state index in [2.05, 4.69) is 43.4 Å². The van der Waals surface area contributed by atoms with Gasteiger partial charge in [0.2, 0.25) is 0 Å². The molecule has 5 rings (SSSR count). The van der Waals surface area contributed by atoms with Crippen LogP contribution in [0.25, 0.3) is 16.6 Å². The van der Waals surface area contributed by atoms with Crippen LogP contribution >= 0.6 is 0 Å². The van der Waals surface area contributed by atoms with E-state index in [4.69, 9.17) is 4.74 Å². The van der Waals surface area contributed by atoms with Gasteiger partial charge in [-0.3, -0.25) is 14.9 Å². The van der Waals surface area contributed by atoms with E-state index < -0.39 is 0 Å². The van der Waals surface area contributed by atoms with Crippen LogP contribution in [0.15, 0.2) is 67.4 Å². The molecule has 7 nitrogen and oxygen atoms in total. The number of fused-ring (bicyclic) bond motifs is 1. The first kappa shape index (κ1) is 17.0. The number of aromatic nitrogens is 5. The molecule has 0 N–H and O–H groups in total.